The number of carbonyl (C=O) groups excluding carboxylic acids is 1. The number of alkyl halides is 1. The Morgan fingerprint density at radius 2 is 2.15 bits per heavy atom. The molecule has 5 heteroatoms. The topological polar surface area (TPSA) is 55.6 Å². The minimum Gasteiger partial charge on any atom is -0.491 e. The number of carbonyl (C=O) groups is 1. The first-order chi connectivity index (χ1) is 9.61. The molecule has 0 spiro atoms. The second-order valence-electron chi connectivity index (χ2n) is 5.10. The summed E-state index contributed by atoms with van der Waals surface area (Å²) in [4.78, 5) is 14.2. The fourth-order valence-electron chi connectivity index (χ4n) is 2.33. The monoisotopic (exact) mass is 280 g/mol. The molecular formula is C15H21FN2O2. The molecule has 1 fully saturated rings. The zero-order valence-corrected chi connectivity index (χ0v) is 11.8. The lowest BCUT2D eigenvalue weighted by Gasteiger charge is -2.29. The number of rotatable bonds is 4. The molecule has 1 heterocycles. The highest BCUT2D eigenvalue weighted by Crippen LogP contribution is 2.24. The molecule has 0 unspecified atom stereocenters. The van der Waals surface area contributed by atoms with Gasteiger partial charge in [0.2, 0.25) is 0 Å². The number of benzene rings is 1. The van der Waals surface area contributed by atoms with Crippen molar-refractivity contribution in [2.24, 2.45) is 5.73 Å². The van der Waals surface area contributed by atoms with Crippen molar-refractivity contribution in [3.05, 3.63) is 29.3 Å². The van der Waals surface area contributed by atoms with Crippen molar-refractivity contribution in [1.29, 1.82) is 0 Å². The second kappa shape index (κ2) is 6.70. The molecule has 0 bridgehead atoms. The number of halogens is 1. The van der Waals surface area contributed by atoms with Crippen LogP contribution in [0.2, 0.25) is 0 Å². The van der Waals surface area contributed by atoms with E-state index in [9.17, 15) is 9.18 Å². The lowest BCUT2D eigenvalue weighted by molar-refractivity contribution is 0.0662. The maximum atomic E-state index is 13.2. The van der Waals surface area contributed by atoms with E-state index in [1.165, 1.54) is 0 Å². The normalized spacial score (nSPS) is 16.2. The molecule has 0 aromatic heterocycles. The maximum absolute atomic E-state index is 13.2. The van der Waals surface area contributed by atoms with Gasteiger partial charge in [-0.1, -0.05) is 11.6 Å². The van der Waals surface area contributed by atoms with Gasteiger partial charge in [0.25, 0.3) is 5.91 Å². The van der Waals surface area contributed by atoms with Crippen LogP contribution in [0.1, 0.15) is 28.8 Å². The van der Waals surface area contributed by atoms with Crippen LogP contribution in [-0.2, 0) is 0 Å². The van der Waals surface area contributed by atoms with Crippen LogP contribution in [0.5, 0.6) is 5.75 Å². The number of ether oxygens (including phenoxy) is 1. The van der Waals surface area contributed by atoms with Gasteiger partial charge < -0.3 is 15.4 Å². The maximum Gasteiger partial charge on any atom is 0.257 e. The lowest BCUT2D eigenvalue weighted by Crippen LogP contribution is -2.39. The number of hydrogen-bond acceptors (Lipinski definition) is 3. The number of likely N-dealkylation sites (tertiary alicyclic amines) is 1. The van der Waals surface area contributed by atoms with Crippen molar-refractivity contribution in [1.82, 2.24) is 4.90 Å². The average Bonchev–Trinajstić information content (AvgIpc) is 2.46. The number of aryl methyl sites for hydroxylation is 1. The highest BCUT2D eigenvalue weighted by Gasteiger charge is 2.25. The smallest absolute Gasteiger partial charge is 0.257 e. The number of nitrogens with two attached hydrogens (primary N) is 1. The van der Waals surface area contributed by atoms with Gasteiger partial charge in [-0.25, -0.2) is 4.39 Å². The molecule has 2 N–H and O–H groups in total. The van der Waals surface area contributed by atoms with Gasteiger partial charge in [-0.2, -0.15) is 0 Å². The van der Waals surface area contributed by atoms with E-state index >= 15 is 0 Å². The van der Waals surface area contributed by atoms with E-state index < -0.39 is 6.17 Å². The first-order valence-corrected chi connectivity index (χ1v) is 6.98. The molecule has 1 aromatic rings. The number of nitrogens with zero attached hydrogens (tertiary/aromatic N) is 1. The van der Waals surface area contributed by atoms with E-state index in [0.29, 0.717) is 50.4 Å². The Morgan fingerprint density at radius 3 is 2.80 bits per heavy atom. The molecule has 1 aromatic carbocycles. The van der Waals surface area contributed by atoms with Crippen molar-refractivity contribution in [3.63, 3.8) is 0 Å². The molecule has 0 atom stereocenters. The minimum atomic E-state index is -0.787. The molecule has 4 nitrogen and oxygen atoms in total. The molecule has 2 rings (SSSR count). The lowest BCUT2D eigenvalue weighted by atomic mass is 10.1. The number of piperidine rings is 1. The van der Waals surface area contributed by atoms with E-state index in [0.717, 1.165) is 5.56 Å². The standard InChI is InChI=1S/C15H21FN2O2/c1-11-2-3-14(20-9-6-17)13(10-11)15(19)18-7-4-12(16)5-8-18/h2-3,10,12H,4-9,17H2,1H3. The van der Waals surface area contributed by atoms with Crippen molar-refractivity contribution < 1.29 is 13.9 Å². The summed E-state index contributed by atoms with van der Waals surface area (Å²) in [7, 11) is 0. The third kappa shape index (κ3) is 3.48. The summed E-state index contributed by atoms with van der Waals surface area (Å²) < 4.78 is 18.7. The second-order valence-corrected chi connectivity index (χ2v) is 5.10. The molecule has 0 aliphatic carbocycles. The van der Waals surface area contributed by atoms with Crippen molar-refractivity contribution in [2.75, 3.05) is 26.2 Å². The Labute approximate surface area is 118 Å². The van der Waals surface area contributed by atoms with E-state index in [4.69, 9.17) is 10.5 Å². The van der Waals surface area contributed by atoms with Gasteiger partial charge in [-0.3, -0.25) is 4.79 Å². The highest BCUT2D eigenvalue weighted by atomic mass is 19.1. The van der Waals surface area contributed by atoms with Crippen molar-refractivity contribution in [3.8, 4) is 5.75 Å². The summed E-state index contributed by atoms with van der Waals surface area (Å²) >= 11 is 0. The Morgan fingerprint density at radius 1 is 1.45 bits per heavy atom. The van der Waals surface area contributed by atoms with Crippen molar-refractivity contribution in [2.45, 2.75) is 25.9 Å². The molecular weight excluding hydrogens is 259 g/mol. The zero-order chi connectivity index (χ0) is 14.5. The Kier molecular flexibility index (Phi) is 4.95. The van der Waals surface area contributed by atoms with Gasteiger partial charge in [0.15, 0.2) is 0 Å². The summed E-state index contributed by atoms with van der Waals surface area (Å²) in [5.41, 5.74) is 6.96. The predicted molar refractivity (Wildman–Crippen MR) is 75.8 cm³/mol. The summed E-state index contributed by atoms with van der Waals surface area (Å²) in [6.45, 7) is 3.62. The largest absolute Gasteiger partial charge is 0.491 e. The van der Waals surface area contributed by atoms with E-state index in [-0.39, 0.29) is 5.91 Å². The van der Waals surface area contributed by atoms with E-state index in [1.807, 2.05) is 19.1 Å². The van der Waals surface area contributed by atoms with Crippen molar-refractivity contribution >= 4 is 5.91 Å². The highest BCUT2D eigenvalue weighted by molar-refractivity contribution is 5.97. The summed E-state index contributed by atoms with van der Waals surface area (Å²) in [5.74, 6) is 0.459. The molecule has 0 saturated carbocycles. The van der Waals surface area contributed by atoms with Crippen LogP contribution in [0.25, 0.3) is 0 Å². The molecule has 1 amide bonds. The molecule has 0 radical (unpaired) electrons. The first-order valence-electron chi connectivity index (χ1n) is 6.98. The Hall–Kier alpha value is -1.62. The van der Waals surface area contributed by atoms with Crippen LogP contribution in [-0.4, -0.2) is 43.2 Å². The number of hydrogen-bond donors (Lipinski definition) is 1. The SMILES string of the molecule is Cc1ccc(OCCN)c(C(=O)N2CCC(F)CC2)c1. The van der Waals surface area contributed by atoms with Crippen LogP contribution < -0.4 is 10.5 Å². The number of amides is 1. The van der Waals surface area contributed by atoms with Crippen LogP contribution in [0.4, 0.5) is 4.39 Å². The molecule has 20 heavy (non-hydrogen) atoms. The van der Waals surface area contributed by atoms with Crippen LogP contribution >= 0.6 is 0 Å². The molecule has 1 aliphatic heterocycles. The van der Waals surface area contributed by atoms with Crippen LogP contribution in [0.3, 0.4) is 0 Å². The van der Waals surface area contributed by atoms with Gasteiger partial charge in [-0.15, -0.1) is 0 Å². The summed E-state index contributed by atoms with van der Waals surface area (Å²) in [5, 5.41) is 0. The van der Waals surface area contributed by atoms with Gasteiger partial charge in [-0.05, 0) is 31.9 Å². The Balaban J connectivity index is 2.17. The van der Waals surface area contributed by atoms with Gasteiger partial charge in [0.1, 0.15) is 18.5 Å². The third-order valence-electron chi connectivity index (χ3n) is 3.45. The fraction of sp³-hybridized carbons (Fsp3) is 0.533. The first kappa shape index (κ1) is 14.8. The van der Waals surface area contributed by atoms with Gasteiger partial charge in [0.05, 0.1) is 5.56 Å². The average molecular weight is 280 g/mol. The van der Waals surface area contributed by atoms with Crippen LogP contribution in [0, 0.1) is 6.92 Å². The van der Waals surface area contributed by atoms with E-state index in [1.54, 1.807) is 11.0 Å². The molecule has 1 aliphatic rings. The summed E-state index contributed by atoms with van der Waals surface area (Å²) in [6, 6.07) is 5.51. The summed E-state index contributed by atoms with van der Waals surface area (Å²) in [6.07, 6.45) is 0.0390. The van der Waals surface area contributed by atoms with Crippen LogP contribution in [0.15, 0.2) is 18.2 Å². The predicted octanol–water partition coefficient (Wildman–Crippen LogP) is 1.91. The Bertz CT molecular complexity index is 471. The zero-order valence-electron chi connectivity index (χ0n) is 11.8. The van der Waals surface area contributed by atoms with Gasteiger partial charge in [0, 0.05) is 19.6 Å². The molecule has 110 valence electrons. The quantitative estimate of drug-likeness (QED) is 0.916. The minimum absolute atomic E-state index is 0.0902. The fourth-order valence-corrected chi connectivity index (χ4v) is 2.33. The van der Waals surface area contributed by atoms with Gasteiger partial charge >= 0.3 is 0 Å². The third-order valence-corrected chi connectivity index (χ3v) is 3.45. The molecule has 1 saturated heterocycles. The van der Waals surface area contributed by atoms with E-state index in [2.05, 4.69) is 0 Å².